The minimum Gasteiger partial charge on any atom is -0.490 e. The van der Waals surface area contributed by atoms with Gasteiger partial charge in [0.2, 0.25) is 5.91 Å². The molecule has 0 N–H and O–H groups in total. The summed E-state index contributed by atoms with van der Waals surface area (Å²) in [6.45, 7) is 8.66. The van der Waals surface area contributed by atoms with Crippen molar-refractivity contribution in [3.05, 3.63) is 100 Å². The molecule has 2 aromatic heterocycles. The molecule has 1 saturated heterocycles. The van der Waals surface area contributed by atoms with Crippen molar-refractivity contribution < 1.29 is 22.1 Å². The summed E-state index contributed by atoms with van der Waals surface area (Å²) in [5.74, 6) is 1.04. The van der Waals surface area contributed by atoms with E-state index in [4.69, 9.17) is 20.5 Å². The van der Waals surface area contributed by atoms with E-state index in [2.05, 4.69) is 25.3 Å². The van der Waals surface area contributed by atoms with Crippen LogP contribution in [-0.4, -0.2) is 88.2 Å². The largest absolute Gasteiger partial charge is 0.490 e. The third-order valence-corrected chi connectivity index (χ3v) is 9.01. The van der Waals surface area contributed by atoms with Crippen molar-refractivity contribution in [2.24, 2.45) is 0 Å². The molecule has 0 saturated carbocycles. The Hall–Kier alpha value is -4.17. The fourth-order valence-electron chi connectivity index (χ4n) is 5.07. The van der Waals surface area contributed by atoms with Gasteiger partial charge in [-0.15, -0.1) is 10.2 Å². The van der Waals surface area contributed by atoms with Crippen LogP contribution in [-0.2, 0) is 32.2 Å². The molecule has 4 aromatic rings. The maximum Gasteiger partial charge on any atom is 0.297 e. The molecule has 2 aromatic carbocycles. The van der Waals surface area contributed by atoms with E-state index in [0.717, 1.165) is 22.4 Å². The maximum atomic E-state index is 13.2. The smallest absolute Gasteiger partial charge is 0.297 e. The van der Waals surface area contributed by atoms with E-state index in [-0.39, 0.29) is 30.1 Å². The van der Waals surface area contributed by atoms with E-state index in [1.165, 1.54) is 16.9 Å². The second-order valence-electron chi connectivity index (χ2n) is 11.1. The lowest BCUT2D eigenvalue weighted by atomic mass is 10.1. The average molecular weight is 666 g/mol. The Labute approximate surface area is 273 Å². The van der Waals surface area contributed by atoms with Gasteiger partial charge in [0.25, 0.3) is 10.1 Å². The van der Waals surface area contributed by atoms with Gasteiger partial charge in [-0.25, -0.2) is 0 Å². The number of aryl methyl sites for hydroxylation is 2. The van der Waals surface area contributed by atoms with Gasteiger partial charge in [0.05, 0.1) is 23.3 Å². The van der Waals surface area contributed by atoms with Gasteiger partial charge in [0.15, 0.2) is 5.82 Å². The molecule has 0 radical (unpaired) electrons. The molecule has 1 aliphatic heterocycles. The Morgan fingerprint density at radius 1 is 1.04 bits per heavy atom. The highest BCUT2D eigenvalue weighted by molar-refractivity contribution is 7.86. The topological polar surface area (TPSA) is 133 Å². The van der Waals surface area contributed by atoms with E-state index >= 15 is 0 Å². The summed E-state index contributed by atoms with van der Waals surface area (Å²) in [6.07, 6.45) is 5.02. The van der Waals surface area contributed by atoms with Gasteiger partial charge in [-0.1, -0.05) is 35.4 Å². The lowest BCUT2D eigenvalue weighted by molar-refractivity contribution is -0.130. The molecule has 242 valence electrons. The van der Waals surface area contributed by atoms with E-state index in [0.29, 0.717) is 49.3 Å². The number of pyridine rings is 1. The van der Waals surface area contributed by atoms with Crippen LogP contribution < -0.4 is 4.74 Å². The number of piperazine rings is 1. The molecule has 0 aliphatic carbocycles. The lowest BCUT2D eigenvalue weighted by Gasteiger charge is -2.39. The van der Waals surface area contributed by atoms with Crippen LogP contribution in [0.5, 0.6) is 5.75 Å². The highest BCUT2D eigenvalue weighted by Gasteiger charge is 2.26. The first-order valence-corrected chi connectivity index (χ1v) is 16.6. The van der Waals surface area contributed by atoms with Gasteiger partial charge in [-0.2, -0.15) is 13.2 Å². The summed E-state index contributed by atoms with van der Waals surface area (Å²) in [5.41, 5.74) is 3.57. The van der Waals surface area contributed by atoms with Crippen molar-refractivity contribution in [1.82, 2.24) is 35.0 Å². The average Bonchev–Trinajstić information content (AvgIpc) is 3.44. The Kier molecular flexibility index (Phi) is 10.8. The predicted molar refractivity (Wildman–Crippen MR) is 173 cm³/mol. The van der Waals surface area contributed by atoms with E-state index in [9.17, 15) is 13.2 Å². The summed E-state index contributed by atoms with van der Waals surface area (Å²) < 4.78 is 35.3. The summed E-state index contributed by atoms with van der Waals surface area (Å²) in [7, 11) is -3.84. The molecule has 14 heteroatoms. The summed E-state index contributed by atoms with van der Waals surface area (Å²) in [5, 5.41) is 12.8. The third-order valence-electron chi connectivity index (χ3n) is 7.45. The first-order chi connectivity index (χ1) is 22.1. The SMILES string of the molecule is Cc1ccc(S(=O)(=O)OCCOc2ccc(CN3CCN(C(=O)C=Cc4ccc(Cl)cc4Cn4nnc(C)n4)[C@H](C)C3)nc2)cc1. The van der Waals surface area contributed by atoms with Gasteiger partial charge in [-0.3, -0.25) is 18.9 Å². The number of hydrogen-bond donors (Lipinski definition) is 0. The Bertz CT molecular complexity index is 1780. The Morgan fingerprint density at radius 3 is 2.54 bits per heavy atom. The number of carbonyl (C=O) groups excluding carboxylic acids is 1. The highest BCUT2D eigenvalue weighted by atomic mass is 35.5. The fourth-order valence-corrected chi connectivity index (χ4v) is 6.16. The number of carbonyl (C=O) groups is 1. The molecule has 0 unspecified atom stereocenters. The van der Waals surface area contributed by atoms with E-state index in [1.807, 2.05) is 36.9 Å². The van der Waals surface area contributed by atoms with Crippen molar-refractivity contribution in [3.63, 3.8) is 0 Å². The summed E-state index contributed by atoms with van der Waals surface area (Å²) in [4.78, 5) is 23.4. The van der Waals surface area contributed by atoms with Gasteiger partial charge in [0, 0.05) is 43.3 Å². The van der Waals surface area contributed by atoms with Crippen LogP contribution in [0.2, 0.25) is 5.02 Å². The molecular weight excluding hydrogens is 630 g/mol. The van der Waals surface area contributed by atoms with E-state index in [1.54, 1.807) is 49.5 Å². The molecule has 1 aliphatic rings. The number of rotatable bonds is 12. The lowest BCUT2D eigenvalue weighted by Crippen LogP contribution is -2.53. The second kappa shape index (κ2) is 14.9. The summed E-state index contributed by atoms with van der Waals surface area (Å²) >= 11 is 6.23. The number of aromatic nitrogens is 5. The molecule has 1 atom stereocenters. The van der Waals surface area contributed by atoms with Crippen molar-refractivity contribution >= 4 is 33.7 Å². The zero-order valence-corrected chi connectivity index (χ0v) is 27.5. The minimum absolute atomic E-state index is 0.0108. The van der Waals surface area contributed by atoms with Crippen LogP contribution in [0.4, 0.5) is 0 Å². The number of benzene rings is 2. The fraction of sp³-hybridized carbons (Fsp3) is 0.344. The predicted octanol–water partition coefficient (Wildman–Crippen LogP) is 3.92. The standard InChI is InChI=1S/C32H36ClN7O5S/c1-23-4-11-31(12-5-23)46(42,43)45-17-16-44-30-10-9-29(34-19-30)22-38-14-15-39(24(2)20-38)32(41)13-7-26-6-8-28(33)18-27(26)21-40-36-25(3)35-37-40/h4-13,18-19,24H,14-17,20-22H2,1-3H3/t24-/m1/s1. The number of ether oxygens (including phenoxy) is 1. The first-order valence-electron chi connectivity index (χ1n) is 14.8. The Morgan fingerprint density at radius 2 is 1.85 bits per heavy atom. The maximum absolute atomic E-state index is 13.2. The normalized spacial score (nSPS) is 15.8. The zero-order valence-electron chi connectivity index (χ0n) is 25.9. The number of nitrogens with zero attached hydrogens (tertiary/aromatic N) is 7. The van der Waals surface area contributed by atoms with Crippen LogP contribution in [0, 0.1) is 13.8 Å². The number of hydrogen-bond acceptors (Lipinski definition) is 10. The van der Waals surface area contributed by atoms with Crippen LogP contribution >= 0.6 is 11.6 Å². The molecule has 1 amide bonds. The monoisotopic (exact) mass is 665 g/mol. The zero-order chi connectivity index (χ0) is 32.7. The van der Waals surface area contributed by atoms with Gasteiger partial charge < -0.3 is 9.64 Å². The third kappa shape index (κ3) is 8.97. The van der Waals surface area contributed by atoms with Crippen molar-refractivity contribution in [1.29, 1.82) is 0 Å². The van der Waals surface area contributed by atoms with Crippen LogP contribution in [0.15, 0.2) is 71.8 Å². The van der Waals surface area contributed by atoms with Crippen molar-refractivity contribution in [2.45, 2.75) is 44.8 Å². The van der Waals surface area contributed by atoms with Crippen LogP contribution in [0.3, 0.4) is 0 Å². The minimum atomic E-state index is -3.84. The number of halogens is 1. The molecule has 1 fully saturated rings. The van der Waals surface area contributed by atoms with Gasteiger partial charge in [0.1, 0.15) is 19.0 Å². The Balaban J connectivity index is 1.07. The highest BCUT2D eigenvalue weighted by Crippen LogP contribution is 2.20. The summed E-state index contributed by atoms with van der Waals surface area (Å²) in [6, 6.07) is 15.7. The molecule has 3 heterocycles. The van der Waals surface area contributed by atoms with Crippen LogP contribution in [0.25, 0.3) is 6.08 Å². The second-order valence-corrected chi connectivity index (χ2v) is 13.1. The van der Waals surface area contributed by atoms with Crippen molar-refractivity contribution in [3.8, 4) is 5.75 Å². The quantitative estimate of drug-likeness (QED) is 0.125. The van der Waals surface area contributed by atoms with Crippen LogP contribution in [0.1, 0.15) is 35.1 Å². The van der Waals surface area contributed by atoms with Crippen molar-refractivity contribution in [2.75, 3.05) is 32.8 Å². The molecular formula is C32H36ClN7O5S. The molecule has 46 heavy (non-hydrogen) atoms. The van der Waals surface area contributed by atoms with E-state index < -0.39 is 10.1 Å². The number of tetrazole rings is 1. The molecule has 0 spiro atoms. The van der Waals surface area contributed by atoms with Gasteiger partial charge in [-0.05, 0) is 79.6 Å². The molecule has 12 nitrogen and oxygen atoms in total. The molecule has 5 rings (SSSR count). The first kappa shape index (κ1) is 33.2. The number of amides is 1. The molecule has 0 bridgehead atoms. The van der Waals surface area contributed by atoms with Gasteiger partial charge >= 0.3 is 0 Å².